The van der Waals surface area contributed by atoms with Crippen LogP contribution in [0.2, 0.25) is 0 Å². The first-order chi connectivity index (χ1) is 14.9. The van der Waals surface area contributed by atoms with Gasteiger partial charge in [0.05, 0.1) is 26.1 Å². The van der Waals surface area contributed by atoms with Gasteiger partial charge in [-0.3, -0.25) is 4.99 Å². The van der Waals surface area contributed by atoms with Gasteiger partial charge in [-0.2, -0.15) is 0 Å². The van der Waals surface area contributed by atoms with Crippen LogP contribution in [-0.4, -0.2) is 78.9 Å². The lowest BCUT2D eigenvalue weighted by molar-refractivity contribution is -0.137. The Morgan fingerprint density at radius 3 is 2.55 bits per heavy atom. The number of benzene rings is 1. The van der Waals surface area contributed by atoms with Crippen LogP contribution in [0.3, 0.4) is 0 Å². The maximum absolute atomic E-state index is 12.0. The van der Waals surface area contributed by atoms with Crippen molar-refractivity contribution in [3.8, 4) is 5.75 Å². The predicted molar refractivity (Wildman–Crippen MR) is 113 cm³/mol. The normalized spacial score (nSPS) is 21.3. The van der Waals surface area contributed by atoms with Crippen molar-refractivity contribution in [2.24, 2.45) is 4.99 Å². The molecule has 2 aliphatic rings. The van der Waals surface area contributed by atoms with Crippen molar-refractivity contribution in [1.29, 1.82) is 0 Å². The highest BCUT2D eigenvalue weighted by atomic mass is 16.5. The fourth-order valence-corrected chi connectivity index (χ4v) is 3.40. The zero-order valence-corrected chi connectivity index (χ0v) is 17.2. The van der Waals surface area contributed by atoms with Crippen LogP contribution in [-0.2, 0) is 20.7 Å². The van der Waals surface area contributed by atoms with Crippen LogP contribution < -0.4 is 15.4 Å². The van der Waals surface area contributed by atoms with Crippen molar-refractivity contribution in [1.82, 2.24) is 15.5 Å². The number of piperazine rings is 1. The molecule has 0 bridgehead atoms. The standard InChI is InChI=1S/C21H26N4O6/c1-30-16-4-2-15(3-5-16)6-11-31-21(17(20(28)29)12-19(26)27)14-23-13-18(24-21)25-9-7-22-8-10-25/h2-5,12-14,22,24H,6-11H2,1H3,(H,26,27)(H,28,29)/b17-12+. The van der Waals surface area contributed by atoms with E-state index in [9.17, 15) is 19.8 Å². The number of carboxylic acid groups (broad SMARTS) is 2. The molecule has 1 unspecified atom stereocenters. The molecule has 2 heterocycles. The average molecular weight is 430 g/mol. The van der Waals surface area contributed by atoms with Crippen LogP contribution in [0.25, 0.3) is 0 Å². The number of nitrogens with one attached hydrogen (secondary N) is 2. The summed E-state index contributed by atoms with van der Waals surface area (Å²) in [5.41, 5.74) is -1.22. The second-order valence-electron chi connectivity index (χ2n) is 7.04. The van der Waals surface area contributed by atoms with Gasteiger partial charge in [0.2, 0.25) is 5.72 Å². The fourth-order valence-electron chi connectivity index (χ4n) is 3.40. The van der Waals surface area contributed by atoms with Gasteiger partial charge in [0.15, 0.2) is 0 Å². The van der Waals surface area contributed by atoms with E-state index in [4.69, 9.17) is 9.47 Å². The van der Waals surface area contributed by atoms with Gasteiger partial charge in [0.25, 0.3) is 0 Å². The van der Waals surface area contributed by atoms with Gasteiger partial charge in [-0.25, -0.2) is 9.59 Å². The second kappa shape index (κ2) is 10.1. The van der Waals surface area contributed by atoms with Crippen molar-refractivity contribution >= 4 is 18.2 Å². The minimum Gasteiger partial charge on any atom is -0.497 e. The Morgan fingerprint density at radius 1 is 1.23 bits per heavy atom. The minimum absolute atomic E-state index is 0.129. The summed E-state index contributed by atoms with van der Waals surface area (Å²) >= 11 is 0. The first kappa shape index (κ1) is 22.3. The van der Waals surface area contributed by atoms with Gasteiger partial charge in [0.1, 0.15) is 17.1 Å². The van der Waals surface area contributed by atoms with Crippen LogP contribution >= 0.6 is 0 Å². The third-order valence-corrected chi connectivity index (χ3v) is 5.00. The summed E-state index contributed by atoms with van der Waals surface area (Å²) in [5, 5.41) is 25.3. The number of carbonyl (C=O) groups is 2. The Hall–Kier alpha value is -3.37. The third-order valence-electron chi connectivity index (χ3n) is 5.00. The van der Waals surface area contributed by atoms with E-state index in [2.05, 4.69) is 15.6 Å². The average Bonchev–Trinajstić information content (AvgIpc) is 2.78. The Bertz CT molecular complexity index is 890. The largest absolute Gasteiger partial charge is 0.497 e. The van der Waals surface area contributed by atoms with Crippen molar-refractivity contribution < 1.29 is 29.3 Å². The first-order valence-electron chi connectivity index (χ1n) is 9.87. The van der Waals surface area contributed by atoms with Gasteiger partial charge in [-0.15, -0.1) is 0 Å². The summed E-state index contributed by atoms with van der Waals surface area (Å²) in [6, 6.07) is 7.41. The zero-order chi connectivity index (χ0) is 22.3. The molecule has 0 aliphatic carbocycles. The molecule has 0 spiro atoms. The Kier molecular flexibility index (Phi) is 7.27. The highest BCUT2D eigenvalue weighted by Gasteiger charge is 2.41. The lowest BCUT2D eigenvalue weighted by atomic mass is 10.0. The van der Waals surface area contributed by atoms with Crippen LogP contribution in [0.5, 0.6) is 5.75 Å². The highest BCUT2D eigenvalue weighted by Crippen LogP contribution is 2.24. The van der Waals surface area contributed by atoms with E-state index >= 15 is 0 Å². The molecule has 4 N–H and O–H groups in total. The van der Waals surface area contributed by atoms with Crippen molar-refractivity contribution in [2.45, 2.75) is 12.1 Å². The molecule has 1 atom stereocenters. The maximum atomic E-state index is 12.0. The molecule has 0 radical (unpaired) electrons. The van der Waals surface area contributed by atoms with Crippen molar-refractivity contribution in [3.63, 3.8) is 0 Å². The smallest absolute Gasteiger partial charge is 0.337 e. The van der Waals surface area contributed by atoms with E-state index in [1.54, 1.807) is 13.3 Å². The zero-order valence-electron chi connectivity index (χ0n) is 17.2. The number of ether oxygens (including phenoxy) is 2. The fraction of sp³-hybridized carbons (Fsp3) is 0.381. The van der Waals surface area contributed by atoms with Crippen molar-refractivity contribution in [2.75, 3.05) is 39.9 Å². The van der Waals surface area contributed by atoms with Crippen LogP contribution in [0.15, 0.2) is 52.9 Å². The number of hydrogen-bond donors (Lipinski definition) is 4. The molecule has 1 fully saturated rings. The predicted octanol–water partition coefficient (Wildman–Crippen LogP) is 0.424. The van der Waals surface area contributed by atoms with E-state index in [1.807, 2.05) is 29.2 Å². The van der Waals surface area contributed by atoms with E-state index in [1.165, 1.54) is 6.21 Å². The quantitative estimate of drug-likeness (QED) is 0.412. The molecular weight excluding hydrogens is 404 g/mol. The molecule has 1 aromatic carbocycles. The summed E-state index contributed by atoms with van der Waals surface area (Å²) in [6.45, 7) is 3.06. The van der Waals surface area contributed by atoms with Gasteiger partial charge in [0, 0.05) is 32.3 Å². The van der Waals surface area contributed by atoms with E-state index < -0.39 is 23.2 Å². The summed E-state index contributed by atoms with van der Waals surface area (Å²) in [5.74, 6) is -1.49. The summed E-state index contributed by atoms with van der Waals surface area (Å²) in [6.07, 6.45) is 3.98. The van der Waals surface area contributed by atoms with E-state index in [0.717, 1.165) is 24.4 Å². The molecule has 0 aromatic heterocycles. The minimum atomic E-state index is -1.72. The van der Waals surface area contributed by atoms with Gasteiger partial charge in [-0.05, 0) is 24.1 Å². The molecule has 2 aliphatic heterocycles. The number of aliphatic carboxylic acids is 2. The highest BCUT2D eigenvalue weighted by molar-refractivity contribution is 6.01. The maximum Gasteiger partial charge on any atom is 0.337 e. The molecule has 0 amide bonds. The second-order valence-corrected chi connectivity index (χ2v) is 7.04. The number of carboxylic acids is 2. The monoisotopic (exact) mass is 430 g/mol. The number of rotatable bonds is 9. The van der Waals surface area contributed by atoms with Gasteiger partial charge in [-0.1, -0.05) is 12.1 Å². The molecule has 10 heteroatoms. The van der Waals surface area contributed by atoms with Gasteiger partial charge < -0.3 is 35.2 Å². The Labute approximate surface area is 179 Å². The summed E-state index contributed by atoms with van der Waals surface area (Å²) in [7, 11) is 1.58. The Morgan fingerprint density at radius 2 is 1.94 bits per heavy atom. The van der Waals surface area contributed by atoms with Gasteiger partial charge >= 0.3 is 11.9 Å². The molecular formula is C21H26N4O6. The van der Waals surface area contributed by atoms with E-state index in [0.29, 0.717) is 31.4 Å². The van der Waals surface area contributed by atoms with Crippen molar-refractivity contribution in [3.05, 3.63) is 53.5 Å². The first-order valence-corrected chi connectivity index (χ1v) is 9.87. The number of hydrogen-bond acceptors (Lipinski definition) is 8. The number of aliphatic imine (C=N–C) groups is 1. The van der Waals surface area contributed by atoms with Crippen LogP contribution in [0, 0.1) is 0 Å². The molecule has 166 valence electrons. The summed E-state index contributed by atoms with van der Waals surface area (Å²) < 4.78 is 11.1. The van der Waals surface area contributed by atoms with Crippen LogP contribution in [0.1, 0.15) is 5.56 Å². The molecule has 0 saturated carbocycles. The number of methoxy groups -OCH3 is 1. The molecule has 31 heavy (non-hydrogen) atoms. The lowest BCUT2D eigenvalue weighted by Gasteiger charge is -2.40. The Balaban J connectivity index is 1.82. The van der Waals surface area contributed by atoms with E-state index in [-0.39, 0.29) is 6.61 Å². The molecule has 1 aromatic rings. The molecule has 10 nitrogen and oxygen atoms in total. The number of nitrogens with zero attached hydrogens (tertiary/aromatic N) is 2. The van der Waals surface area contributed by atoms with Crippen LogP contribution in [0.4, 0.5) is 0 Å². The molecule has 1 saturated heterocycles. The topological polar surface area (TPSA) is 133 Å². The summed E-state index contributed by atoms with van der Waals surface area (Å²) in [4.78, 5) is 29.5. The third kappa shape index (κ3) is 5.62. The molecule has 3 rings (SSSR count). The lowest BCUT2D eigenvalue weighted by Crippen LogP contribution is -2.58. The SMILES string of the molecule is COc1ccc(CCOC2(/C(=C/C(=O)O)C(=O)O)C=NC=C(N3CCNCC3)N2)cc1.